The number of aromatic nitrogens is 4. The number of nitrogens with two attached hydrogens (primary N) is 1. The third kappa shape index (κ3) is 10.2. The second-order valence-electron chi connectivity index (χ2n) is 16.0. The molecule has 2 aliphatic heterocycles. The molecule has 5 aromatic heterocycles. The minimum atomic E-state index is -0.522. The Morgan fingerprint density at radius 1 is 0.821 bits per heavy atom. The van der Waals surface area contributed by atoms with Crippen LogP contribution in [0.5, 0.6) is 0 Å². The zero-order valence-electron chi connectivity index (χ0n) is 33.6. The molecule has 7 heterocycles. The molecule has 0 aliphatic carbocycles. The molecule has 7 rings (SSSR count). The maximum Gasteiger partial charge on any atom is 0.411 e. The lowest BCUT2D eigenvalue weighted by atomic mass is 9.93. The monoisotopic (exact) mass is 818 g/mol. The first kappa shape index (κ1) is 42.4. The number of nitrogens with zero attached hydrogens (tertiary/aromatic N) is 7. The fourth-order valence-corrected chi connectivity index (χ4v) is 9.84. The van der Waals surface area contributed by atoms with E-state index in [9.17, 15) is 14.4 Å². The summed E-state index contributed by atoms with van der Waals surface area (Å²) in [6.45, 7) is 19.1. The van der Waals surface area contributed by atoms with Crippen LogP contribution in [0.4, 0.5) is 14.6 Å². The molecular formula is C40H50N8O5S3. The predicted octanol–water partition coefficient (Wildman–Crippen LogP) is 9.37. The normalized spacial score (nSPS) is 19.6. The van der Waals surface area contributed by atoms with Gasteiger partial charge in [0.2, 0.25) is 0 Å². The lowest BCUT2D eigenvalue weighted by Crippen LogP contribution is -2.51. The number of anilines is 1. The third-order valence-corrected chi connectivity index (χ3v) is 12.2. The number of ketones is 1. The van der Waals surface area contributed by atoms with Crippen LogP contribution in [0.1, 0.15) is 104 Å². The maximum atomic E-state index is 12.8. The average molecular weight is 819 g/mol. The summed E-state index contributed by atoms with van der Waals surface area (Å²) in [5, 5.41) is 11.0. The van der Waals surface area contributed by atoms with Gasteiger partial charge in [-0.05, 0) is 93.4 Å². The summed E-state index contributed by atoms with van der Waals surface area (Å²) in [7, 11) is 0. The van der Waals surface area contributed by atoms with Crippen molar-refractivity contribution in [3.05, 3.63) is 52.4 Å². The topological polar surface area (TPSA) is 178 Å². The van der Waals surface area contributed by atoms with Gasteiger partial charge < -0.3 is 20.1 Å². The molecule has 2 amide bonds. The second-order valence-corrected chi connectivity index (χ2v) is 19.2. The smallest absolute Gasteiger partial charge is 0.411 e. The average Bonchev–Trinajstić information content (AvgIpc) is 3.77. The van der Waals surface area contributed by atoms with Crippen LogP contribution in [-0.2, 0) is 27.1 Å². The lowest BCUT2D eigenvalue weighted by molar-refractivity contribution is -0.124. The highest BCUT2D eigenvalue weighted by Gasteiger charge is 2.39. The van der Waals surface area contributed by atoms with E-state index in [1.54, 1.807) is 63.7 Å². The molecule has 5 aromatic rings. The van der Waals surface area contributed by atoms with Crippen LogP contribution in [0.2, 0.25) is 0 Å². The van der Waals surface area contributed by atoms with Crippen molar-refractivity contribution in [2.75, 3.05) is 5.73 Å². The Labute approximate surface area is 339 Å². The minimum absolute atomic E-state index is 0.0149. The highest BCUT2D eigenvalue weighted by atomic mass is 32.1. The Hall–Kier alpha value is -4.72. The van der Waals surface area contributed by atoms with Crippen molar-refractivity contribution in [2.45, 2.75) is 130 Å². The van der Waals surface area contributed by atoms with E-state index >= 15 is 0 Å². The van der Waals surface area contributed by atoms with Crippen molar-refractivity contribution in [2.24, 2.45) is 0 Å². The number of likely N-dealkylation sites (tertiary alicyclic amines) is 1. The van der Waals surface area contributed by atoms with Crippen molar-refractivity contribution in [3.8, 4) is 16.6 Å². The number of nitrogen functional groups attached to an aromatic ring is 1. The molecule has 0 radical (unpaired) electrons. The van der Waals surface area contributed by atoms with E-state index in [1.165, 1.54) is 5.56 Å². The molecule has 0 aromatic carbocycles. The van der Waals surface area contributed by atoms with Gasteiger partial charge >= 0.3 is 12.2 Å². The van der Waals surface area contributed by atoms with Gasteiger partial charge in [-0.15, -0.1) is 34.0 Å². The summed E-state index contributed by atoms with van der Waals surface area (Å²) >= 11 is 4.73. The molecule has 56 heavy (non-hydrogen) atoms. The molecule has 1 fully saturated rings. The molecular weight excluding hydrogens is 769 g/mol. The van der Waals surface area contributed by atoms with Crippen LogP contribution < -0.4 is 5.73 Å². The van der Waals surface area contributed by atoms with Crippen molar-refractivity contribution < 1.29 is 23.9 Å². The molecule has 298 valence electrons. The van der Waals surface area contributed by atoms with Crippen molar-refractivity contribution in [1.82, 2.24) is 29.7 Å². The molecule has 0 bridgehead atoms. The number of carbonyl (C=O) groups excluding carboxylic acids is 3. The quantitative estimate of drug-likeness (QED) is 0.179. The van der Waals surface area contributed by atoms with E-state index in [4.69, 9.17) is 25.5 Å². The van der Waals surface area contributed by atoms with Crippen LogP contribution >= 0.6 is 34.0 Å². The summed E-state index contributed by atoms with van der Waals surface area (Å²) < 4.78 is 13.2. The van der Waals surface area contributed by atoms with Gasteiger partial charge in [-0.1, -0.05) is 0 Å². The van der Waals surface area contributed by atoms with Gasteiger partial charge in [0.25, 0.3) is 0 Å². The Morgan fingerprint density at radius 2 is 1.34 bits per heavy atom. The number of carbonyl (C=O) groups is 3. The van der Waals surface area contributed by atoms with Gasteiger partial charge in [0.15, 0.2) is 0 Å². The van der Waals surface area contributed by atoms with Gasteiger partial charge in [-0.3, -0.25) is 19.7 Å². The summed E-state index contributed by atoms with van der Waals surface area (Å²) in [6.07, 6.45) is 8.39. The van der Waals surface area contributed by atoms with E-state index in [0.29, 0.717) is 19.3 Å². The SMILES string of the molecule is CC1CC(=O)CC(C)N1C(=O)OC(C)(C)C.CC1Cc2c(sc(N)c2-c2nc3cnccc3s2)C(C)N1C(=O)OC(C)(C)C.N#CCc1nc2cnccc2s1. The zero-order valence-corrected chi connectivity index (χ0v) is 36.0. The molecule has 2 aliphatic rings. The summed E-state index contributed by atoms with van der Waals surface area (Å²) in [5.41, 5.74) is 9.42. The summed E-state index contributed by atoms with van der Waals surface area (Å²) in [4.78, 5) is 57.8. The van der Waals surface area contributed by atoms with E-state index in [2.05, 4.69) is 27.9 Å². The first-order chi connectivity index (χ1) is 26.3. The number of thiophene rings is 1. The molecule has 1 saturated heterocycles. The number of amides is 2. The number of piperidine rings is 1. The molecule has 13 nitrogen and oxygen atoms in total. The molecule has 16 heteroatoms. The third-order valence-electron chi connectivity index (χ3n) is 8.91. The maximum absolute atomic E-state index is 12.8. The molecule has 4 unspecified atom stereocenters. The van der Waals surface area contributed by atoms with Crippen molar-refractivity contribution in [1.29, 1.82) is 5.26 Å². The minimum Gasteiger partial charge on any atom is -0.444 e. The number of ether oxygens (including phenoxy) is 2. The Morgan fingerprint density at radius 3 is 1.86 bits per heavy atom. The van der Waals surface area contributed by atoms with Gasteiger partial charge in [-0.2, -0.15) is 5.26 Å². The number of hydrogen-bond donors (Lipinski definition) is 1. The highest BCUT2D eigenvalue weighted by Crippen LogP contribution is 2.48. The summed E-state index contributed by atoms with van der Waals surface area (Å²) in [5.74, 6) is 0.222. The first-order valence-corrected chi connectivity index (χ1v) is 20.9. The summed E-state index contributed by atoms with van der Waals surface area (Å²) in [6, 6.07) is 5.75. The van der Waals surface area contributed by atoms with Gasteiger partial charge in [0.05, 0.1) is 50.8 Å². The molecule has 2 N–H and O–H groups in total. The number of pyridine rings is 2. The van der Waals surface area contributed by atoms with E-state index in [-0.39, 0.29) is 42.1 Å². The number of thiazole rings is 2. The predicted molar refractivity (Wildman–Crippen MR) is 223 cm³/mol. The number of nitriles is 1. The lowest BCUT2D eigenvalue weighted by Gasteiger charge is -2.39. The molecule has 0 spiro atoms. The van der Waals surface area contributed by atoms with Crippen LogP contribution in [0.15, 0.2) is 36.9 Å². The van der Waals surface area contributed by atoms with Crippen molar-refractivity contribution in [3.63, 3.8) is 0 Å². The number of rotatable bonds is 2. The first-order valence-electron chi connectivity index (χ1n) is 18.5. The van der Waals surface area contributed by atoms with Crippen LogP contribution in [0.3, 0.4) is 0 Å². The van der Waals surface area contributed by atoms with E-state index in [0.717, 1.165) is 52.3 Å². The largest absolute Gasteiger partial charge is 0.444 e. The number of hydrogen-bond acceptors (Lipinski definition) is 14. The van der Waals surface area contributed by atoms with Crippen LogP contribution in [-0.4, -0.2) is 77.0 Å². The van der Waals surface area contributed by atoms with Gasteiger partial charge in [0, 0.05) is 53.8 Å². The fraction of sp³-hybridized carbons (Fsp3) is 0.500. The number of fused-ring (bicyclic) bond motifs is 3. The Balaban J connectivity index is 0.000000180. The number of Topliss-reactive ketones (excluding diaryl/α,β-unsaturated/α-hetero) is 1. The van der Waals surface area contributed by atoms with E-state index < -0.39 is 11.2 Å². The van der Waals surface area contributed by atoms with Gasteiger partial charge in [-0.25, -0.2) is 19.6 Å². The second kappa shape index (κ2) is 17.2. The zero-order chi connectivity index (χ0) is 41.1. The van der Waals surface area contributed by atoms with Crippen LogP contribution in [0.25, 0.3) is 31.0 Å². The highest BCUT2D eigenvalue weighted by molar-refractivity contribution is 7.22. The Bertz CT molecular complexity index is 2170. The van der Waals surface area contributed by atoms with E-state index in [1.807, 2.05) is 79.3 Å². The molecule has 0 saturated carbocycles. The molecule has 4 atom stereocenters. The standard InChI is InChI=1S/C20H24N4O2S2.C12H21NO3.C8H5N3S/c1-10-8-12-15(18-23-13-9-22-7-6-14(13)27-18)17(21)28-16(12)11(2)24(10)19(25)26-20(3,4)5;1-8-6-10(14)7-9(2)13(8)11(15)16-12(3,4)5;9-3-1-8-11-6-5-10-4-2-7(6)12-8/h6-7,9-11H,8,21H2,1-5H3;8-9H,6-7H2,1-5H3;2,4-5H,1H2. The van der Waals surface area contributed by atoms with Gasteiger partial charge in [0.1, 0.15) is 32.5 Å². The Kier molecular flexibility index (Phi) is 13.0. The van der Waals surface area contributed by atoms with Crippen LogP contribution in [0, 0.1) is 11.3 Å². The van der Waals surface area contributed by atoms with Crippen molar-refractivity contribution >= 4 is 77.4 Å². The fourth-order valence-electron chi connectivity index (χ4n) is 6.74.